The molecule has 2 rings (SSSR count). The minimum absolute atomic E-state index is 0.161. The molecule has 2 heteroatoms. The number of hydrogen-bond donors (Lipinski definition) is 2. The summed E-state index contributed by atoms with van der Waals surface area (Å²) >= 11 is 0. The summed E-state index contributed by atoms with van der Waals surface area (Å²) in [5, 5.41) is 20.5. The molecule has 15 heavy (non-hydrogen) atoms. The Morgan fingerprint density at radius 2 is 1.20 bits per heavy atom. The Kier molecular flexibility index (Phi) is 3.36. The van der Waals surface area contributed by atoms with E-state index >= 15 is 0 Å². The highest BCUT2D eigenvalue weighted by Crippen LogP contribution is 2.50. The zero-order chi connectivity index (χ0) is 10.8. The van der Waals surface area contributed by atoms with Crippen LogP contribution in [-0.4, -0.2) is 22.4 Å². The molecule has 0 aromatic carbocycles. The van der Waals surface area contributed by atoms with Gasteiger partial charge in [-0.15, -0.1) is 0 Å². The molecule has 0 aromatic heterocycles. The Morgan fingerprint density at radius 1 is 0.733 bits per heavy atom. The van der Waals surface area contributed by atoms with Crippen LogP contribution in [0.2, 0.25) is 0 Å². The quantitative estimate of drug-likeness (QED) is 0.738. The third-order valence-corrected chi connectivity index (χ3v) is 4.78. The zero-order valence-corrected chi connectivity index (χ0v) is 9.67. The van der Waals surface area contributed by atoms with Crippen molar-refractivity contribution in [2.75, 3.05) is 6.61 Å². The SMILES string of the molecule is OCC1(C2(O)CCCCC2)CCCCC1. The van der Waals surface area contributed by atoms with Crippen LogP contribution in [0, 0.1) is 5.41 Å². The maximum absolute atomic E-state index is 10.8. The largest absolute Gasteiger partial charge is 0.396 e. The molecular weight excluding hydrogens is 188 g/mol. The van der Waals surface area contributed by atoms with E-state index in [1.807, 2.05) is 0 Å². The molecule has 2 aliphatic rings. The number of aliphatic hydroxyl groups excluding tert-OH is 1. The monoisotopic (exact) mass is 212 g/mol. The van der Waals surface area contributed by atoms with Crippen molar-refractivity contribution in [1.82, 2.24) is 0 Å². The summed E-state index contributed by atoms with van der Waals surface area (Å²) in [6, 6.07) is 0. The first-order chi connectivity index (χ1) is 7.22. The van der Waals surface area contributed by atoms with E-state index in [4.69, 9.17) is 0 Å². The van der Waals surface area contributed by atoms with Gasteiger partial charge in [-0.3, -0.25) is 0 Å². The number of aliphatic hydroxyl groups is 2. The third kappa shape index (κ3) is 1.94. The lowest BCUT2D eigenvalue weighted by molar-refractivity contribution is -0.146. The minimum atomic E-state index is -0.555. The molecular formula is C13H24O2. The second-order valence-corrected chi connectivity index (χ2v) is 5.59. The molecule has 0 saturated heterocycles. The molecule has 0 spiro atoms. The van der Waals surface area contributed by atoms with Gasteiger partial charge >= 0.3 is 0 Å². The van der Waals surface area contributed by atoms with Crippen molar-refractivity contribution >= 4 is 0 Å². The van der Waals surface area contributed by atoms with Crippen molar-refractivity contribution in [2.24, 2.45) is 5.41 Å². The maximum Gasteiger partial charge on any atom is 0.0725 e. The molecule has 0 amide bonds. The molecule has 2 saturated carbocycles. The first kappa shape index (κ1) is 11.4. The average molecular weight is 212 g/mol. The highest BCUT2D eigenvalue weighted by atomic mass is 16.3. The van der Waals surface area contributed by atoms with Crippen LogP contribution in [0.5, 0.6) is 0 Å². The van der Waals surface area contributed by atoms with Gasteiger partial charge in [0.25, 0.3) is 0 Å². The van der Waals surface area contributed by atoms with E-state index in [1.54, 1.807) is 0 Å². The van der Waals surface area contributed by atoms with Crippen LogP contribution in [0.25, 0.3) is 0 Å². The van der Waals surface area contributed by atoms with Crippen LogP contribution in [0.15, 0.2) is 0 Å². The molecule has 88 valence electrons. The van der Waals surface area contributed by atoms with Crippen LogP contribution in [0.1, 0.15) is 64.2 Å². The Hall–Kier alpha value is -0.0800. The predicted octanol–water partition coefficient (Wildman–Crippen LogP) is 2.62. The Morgan fingerprint density at radius 3 is 1.67 bits per heavy atom. The normalized spacial score (nSPS) is 30.0. The van der Waals surface area contributed by atoms with E-state index in [9.17, 15) is 10.2 Å². The van der Waals surface area contributed by atoms with Crippen LogP contribution in [0.3, 0.4) is 0 Å². The Labute approximate surface area is 92.7 Å². The van der Waals surface area contributed by atoms with Gasteiger partial charge in [-0.1, -0.05) is 38.5 Å². The van der Waals surface area contributed by atoms with Gasteiger partial charge in [0, 0.05) is 5.41 Å². The first-order valence-electron chi connectivity index (χ1n) is 6.56. The minimum Gasteiger partial charge on any atom is -0.396 e. The molecule has 2 N–H and O–H groups in total. The van der Waals surface area contributed by atoms with Crippen LogP contribution in [0.4, 0.5) is 0 Å². The van der Waals surface area contributed by atoms with Gasteiger partial charge in [0.15, 0.2) is 0 Å². The Bertz CT molecular complexity index is 201. The molecule has 2 nitrogen and oxygen atoms in total. The highest BCUT2D eigenvalue weighted by molar-refractivity contribution is 5.01. The molecule has 0 radical (unpaired) electrons. The third-order valence-electron chi connectivity index (χ3n) is 4.78. The fourth-order valence-corrected chi connectivity index (χ4v) is 3.67. The van der Waals surface area contributed by atoms with Crippen molar-refractivity contribution in [1.29, 1.82) is 0 Å². The second kappa shape index (κ2) is 4.42. The number of hydrogen-bond acceptors (Lipinski definition) is 2. The van der Waals surface area contributed by atoms with E-state index in [1.165, 1.54) is 25.7 Å². The molecule has 0 atom stereocenters. The molecule has 0 heterocycles. The van der Waals surface area contributed by atoms with E-state index in [0.29, 0.717) is 0 Å². The van der Waals surface area contributed by atoms with Gasteiger partial charge in [0.1, 0.15) is 0 Å². The summed E-state index contributed by atoms with van der Waals surface area (Å²) in [6.07, 6.45) is 11.0. The van der Waals surface area contributed by atoms with Gasteiger partial charge < -0.3 is 10.2 Å². The van der Waals surface area contributed by atoms with Crippen molar-refractivity contribution in [3.8, 4) is 0 Å². The summed E-state index contributed by atoms with van der Waals surface area (Å²) in [4.78, 5) is 0. The molecule has 2 fully saturated rings. The van der Waals surface area contributed by atoms with Crippen LogP contribution < -0.4 is 0 Å². The van der Waals surface area contributed by atoms with Crippen molar-refractivity contribution in [3.63, 3.8) is 0 Å². The molecule has 2 aliphatic carbocycles. The predicted molar refractivity (Wildman–Crippen MR) is 60.6 cm³/mol. The van der Waals surface area contributed by atoms with E-state index in [-0.39, 0.29) is 12.0 Å². The maximum atomic E-state index is 10.8. The zero-order valence-electron chi connectivity index (χ0n) is 9.67. The fourth-order valence-electron chi connectivity index (χ4n) is 3.67. The summed E-state index contributed by atoms with van der Waals surface area (Å²) < 4.78 is 0. The molecule has 0 unspecified atom stereocenters. The van der Waals surface area contributed by atoms with Gasteiger partial charge in [-0.25, -0.2) is 0 Å². The smallest absolute Gasteiger partial charge is 0.0725 e. The van der Waals surface area contributed by atoms with Gasteiger partial charge in [-0.2, -0.15) is 0 Å². The summed E-state index contributed by atoms with van der Waals surface area (Å²) in [6.45, 7) is 0.184. The Balaban J connectivity index is 2.15. The van der Waals surface area contributed by atoms with E-state index in [2.05, 4.69) is 0 Å². The van der Waals surface area contributed by atoms with Crippen molar-refractivity contribution < 1.29 is 10.2 Å². The summed E-state index contributed by atoms with van der Waals surface area (Å²) in [5.41, 5.74) is -0.716. The lowest BCUT2D eigenvalue weighted by Crippen LogP contribution is -2.52. The summed E-state index contributed by atoms with van der Waals surface area (Å²) in [5.74, 6) is 0. The second-order valence-electron chi connectivity index (χ2n) is 5.59. The number of rotatable bonds is 2. The van der Waals surface area contributed by atoms with E-state index in [0.717, 1.165) is 38.5 Å². The van der Waals surface area contributed by atoms with Gasteiger partial charge in [0.2, 0.25) is 0 Å². The first-order valence-corrected chi connectivity index (χ1v) is 6.56. The lowest BCUT2D eigenvalue weighted by Gasteiger charge is -2.50. The van der Waals surface area contributed by atoms with Gasteiger partial charge in [-0.05, 0) is 25.7 Å². The highest BCUT2D eigenvalue weighted by Gasteiger charge is 2.50. The van der Waals surface area contributed by atoms with Crippen molar-refractivity contribution in [2.45, 2.75) is 69.8 Å². The summed E-state index contributed by atoms with van der Waals surface area (Å²) in [7, 11) is 0. The average Bonchev–Trinajstić information content (AvgIpc) is 2.31. The fraction of sp³-hybridized carbons (Fsp3) is 1.00. The van der Waals surface area contributed by atoms with Crippen LogP contribution in [-0.2, 0) is 0 Å². The standard InChI is InChI=1S/C13H24O2/c14-11-12(7-3-1-4-8-12)13(15)9-5-2-6-10-13/h14-15H,1-11H2. The lowest BCUT2D eigenvalue weighted by atomic mass is 9.59. The van der Waals surface area contributed by atoms with E-state index < -0.39 is 5.60 Å². The van der Waals surface area contributed by atoms with Gasteiger partial charge in [0.05, 0.1) is 12.2 Å². The van der Waals surface area contributed by atoms with Crippen LogP contribution >= 0.6 is 0 Å². The topological polar surface area (TPSA) is 40.5 Å². The molecule has 0 aromatic rings. The van der Waals surface area contributed by atoms with Crippen molar-refractivity contribution in [3.05, 3.63) is 0 Å². The molecule has 0 aliphatic heterocycles. The molecule has 0 bridgehead atoms.